The fourth-order valence-electron chi connectivity index (χ4n) is 3.87. The molecule has 2 atom stereocenters. The summed E-state index contributed by atoms with van der Waals surface area (Å²) < 4.78 is 5.18. The molecule has 0 aromatic carbocycles. The molecule has 4 N–H and O–H groups in total. The van der Waals surface area contributed by atoms with E-state index in [1.807, 2.05) is 6.92 Å². The van der Waals surface area contributed by atoms with Crippen molar-refractivity contribution in [3.05, 3.63) is 24.2 Å². The molecule has 1 aromatic rings. The first kappa shape index (κ1) is 18.8. The molecule has 0 radical (unpaired) electrons. The molecule has 2 amide bonds. The van der Waals surface area contributed by atoms with Gasteiger partial charge < -0.3 is 25.5 Å². The highest BCUT2D eigenvalue weighted by Gasteiger charge is 2.38. The Morgan fingerprint density at radius 3 is 2.54 bits per heavy atom. The number of nitrogens with one attached hydrogen (secondary N) is 3. The Balaban J connectivity index is 1.82. The third kappa shape index (κ3) is 5.53. The molecule has 1 aromatic heterocycles. The van der Waals surface area contributed by atoms with Crippen molar-refractivity contribution >= 4 is 6.03 Å². The zero-order valence-electron chi connectivity index (χ0n) is 15.3. The van der Waals surface area contributed by atoms with E-state index in [1.165, 1.54) is 6.26 Å². The highest BCUT2D eigenvalue weighted by molar-refractivity contribution is 5.74. The lowest BCUT2D eigenvalue weighted by molar-refractivity contribution is 0.127. The van der Waals surface area contributed by atoms with Gasteiger partial charge in [0.2, 0.25) is 0 Å². The number of piperidine rings is 1. The monoisotopic (exact) mass is 337 g/mol. The molecule has 2 unspecified atom stereocenters. The molecule has 0 saturated carbocycles. The van der Waals surface area contributed by atoms with Crippen molar-refractivity contribution in [1.82, 2.24) is 16.0 Å². The van der Waals surface area contributed by atoms with Gasteiger partial charge in [0.25, 0.3) is 0 Å². The number of carbonyl (C=O) groups excluding carboxylic acids is 1. The maximum absolute atomic E-state index is 12.3. The largest absolute Gasteiger partial charge is 0.467 e. The molecule has 0 spiro atoms. The zero-order valence-corrected chi connectivity index (χ0v) is 15.3. The summed E-state index contributed by atoms with van der Waals surface area (Å²) in [5.41, 5.74) is -0.0262. The molecular weight excluding hydrogens is 306 g/mol. The second kappa shape index (κ2) is 7.15. The molecule has 2 rings (SSSR count). The normalized spacial score (nSPS) is 22.6. The second-order valence-electron chi connectivity index (χ2n) is 8.28. The summed E-state index contributed by atoms with van der Waals surface area (Å²) in [6, 6.07) is 3.25. The quantitative estimate of drug-likeness (QED) is 0.665. The summed E-state index contributed by atoms with van der Waals surface area (Å²) in [5.74, 6) is 0.519. The topological polar surface area (TPSA) is 86.5 Å². The lowest BCUT2D eigenvalue weighted by Crippen LogP contribution is -2.63. The maximum Gasteiger partial charge on any atom is 0.315 e. The Hall–Kier alpha value is -1.53. The van der Waals surface area contributed by atoms with Crippen LogP contribution in [-0.2, 0) is 0 Å². The average Bonchev–Trinajstić information content (AvgIpc) is 2.87. The second-order valence-corrected chi connectivity index (χ2v) is 8.28. The van der Waals surface area contributed by atoms with Crippen LogP contribution in [0.3, 0.4) is 0 Å². The molecule has 0 bridgehead atoms. The number of amides is 2. The van der Waals surface area contributed by atoms with E-state index < -0.39 is 6.10 Å². The average molecular weight is 337 g/mol. The van der Waals surface area contributed by atoms with Gasteiger partial charge in [-0.15, -0.1) is 0 Å². The van der Waals surface area contributed by atoms with Crippen LogP contribution in [0, 0.1) is 0 Å². The summed E-state index contributed by atoms with van der Waals surface area (Å²) in [4.78, 5) is 12.3. The van der Waals surface area contributed by atoms with Gasteiger partial charge in [-0.1, -0.05) is 0 Å². The Labute approximate surface area is 144 Å². The van der Waals surface area contributed by atoms with E-state index >= 15 is 0 Å². The van der Waals surface area contributed by atoms with Crippen molar-refractivity contribution in [3.8, 4) is 0 Å². The van der Waals surface area contributed by atoms with Gasteiger partial charge in [-0.2, -0.15) is 0 Å². The van der Waals surface area contributed by atoms with Gasteiger partial charge in [0, 0.05) is 29.6 Å². The van der Waals surface area contributed by atoms with E-state index in [0.29, 0.717) is 12.2 Å². The predicted octanol–water partition coefficient (Wildman–Crippen LogP) is 2.70. The minimum atomic E-state index is -0.716. The lowest BCUT2D eigenvalue weighted by atomic mass is 9.80. The molecule has 1 aliphatic rings. The van der Waals surface area contributed by atoms with Crippen molar-refractivity contribution in [2.75, 3.05) is 0 Å². The summed E-state index contributed by atoms with van der Waals surface area (Å²) in [6.45, 7) is 10.5. The van der Waals surface area contributed by atoms with Gasteiger partial charge in [0.05, 0.1) is 6.26 Å². The molecule has 6 heteroatoms. The first-order valence-electron chi connectivity index (χ1n) is 8.64. The molecule has 2 heterocycles. The van der Waals surface area contributed by atoms with Gasteiger partial charge in [-0.25, -0.2) is 4.79 Å². The van der Waals surface area contributed by atoms with Gasteiger partial charge in [0.1, 0.15) is 11.9 Å². The molecule has 136 valence electrons. The molecule has 1 aliphatic heterocycles. The van der Waals surface area contributed by atoms with E-state index in [2.05, 4.69) is 43.6 Å². The van der Waals surface area contributed by atoms with Crippen LogP contribution in [0.25, 0.3) is 0 Å². The van der Waals surface area contributed by atoms with Gasteiger partial charge in [-0.3, -0.25) is 0 Å². The predicted molar refractivity (Wildman–Crippen MR) is 93.7 cm³/mol. The highest BCUT2D eigenvalue weighted by atomic mass is 16.4. The Bertz CT molecular complexity index is 524. The van der Waals surface area contributed by atoms with Crippen molar-refractivity contribution < 1.29 is 14.3 Å². The molecule has 0 aliphatic carbocycles. The van der Waals surface area contributed by atoms with Gasteiger partial charge >= 0.3 is 6.03 Å². The Kier molecular flexibility index (Phi) is 5.60. The van der Waals surface area contributed by atoms with Gasteiger partial charge in [-0.05, 0) is 59.6 Å². The molecular formula is C18H31N3O3. The lowest BCUT2D eigenvalue weighted by Gasteiger charge is -2.46. The standard InChI is InChI=1S/C18H31N3O3/c1-12(9-14(22)15-7-6-8-24-15)19-16(23)20-13-10-17(2,3)21-18(4,5)11-13/h6-8,12-14,21-22H,9-11H2,1-5H3,(H2,19,20,23). The molecule has 1 fully saturated rings. The Morgan fingerprint density at radius 2 is 2.00 bits per heavy atom. The van der Waals surface area contributed by atoms with E-state index in [9.17, 15) is 9.90 Å². The first-order chi connectivity index (χ1) is 11.1. The number of furan rings is 1. The van der Waals surface area contributed by atoms with E-state index in [-0.39, 0.29) is 29.2 Å². The van der Waals surface area contributed by atoms with Crippen LogP contribution in [0.5, 0.6) is 0 Å². The Morgan fingerprint density at radius 1 is 1.38 bits per heavy atom. The molecule has 6 nitrogen and oxygen atoms in total. The molecule has 1 saturated heterocycles. The minimum absolute atomic E-state index is 0.0131. The van der Waals surface area contributed by atoms with E-state index in [1.54, 1.807) is 12.1 Å². The van der Waals surface area contributed by atoms with Crippen molar-refractivity contribution in [1.29, 1.82) is 0 Å². The summed E-state index contributed by atoms with van der Waals surface area (Å²) in [6.07, 6.45) is 2.99. The van der Waals surface area contributed by atoms with Gasteiger partial charge in [0.15, 0.2) is 0 Å². The number of hydrogen-bond acceptors (Lipinski definition) is 4. The first-order valence-corrected chi connectivity index (χ1v) is 8.64. The highest BCUT2D eigenvalue weighted by Crippen LogP contribution is 2.28. The third-order valence-corrected chi connectivity index (χ3v) is 4.35. The number of rotatable bonds is 5. The minimum Gasteiger partial charge on any atom is -0.467 e. The van der Waals surface area contributed by atoms with Crippen LogP contribution in [0.2, 0.25) is 0 Å². The van der Waals surface area contributed by atoms with Crippen LogP contribution in [0.1, 0.15) is 65.7 Å². The fourth-order valence-corrected chi connectivity index (χ4v) is 3.87. The maximum atomic E-state index is 12.3. The van der Waals surface area contributed by atoms with Crippen LogP contribution in [0.15, 0.2) is 22.8 Å². The summed E-state index contributed by atoms with van der Waals surface area (Å²) >= 11 is 0. The molecule has 24 heavy (non-hydrogen) atoms. The van der Waals surface area contributed by atoms with Crippen molar-refractivity contribution in [2.45, 2.75) is 83.1 Å². The van der Waals surface area contributed by atoms with Crippen LogP contribution in [-0.4, -0.2) is 34.3 Å². The van der Waals surface area contributed by atoms with E-state index in [0.717, 1.165) is 12.8 Å². The van der Waals surface area contributed by atoms with Crippen LogP contribution >= 0.6 is 0 Å². The summed E-state index contributed by atoms with van der Waals surface area (Å²) in [5, 5.41) is 19.7. The fraction of sp³-hybridized carbons (Fsp3) is 0.722. The SMILES string of the molecule is CC(CC(O)c1ccco1)NC(=O)NC1CC(C)(C)NC(C)(C)C1. The number of hydrogen-bond donors (Lipinski definition) is 4. The van der Waals surface area contributed by atoms with Crippen LogP contribution < -0.4 is 16.0 Å². The number of aliphatic hydroxyl groups excluding tert-OH is 1. The smallest absolute Gasteiger partial charge is 0.315 e. The third-order valence-electron chi connectivity index (χ3n) is 4.35. The zero-order chi connectivity index (χ0) is 18.0. The van der Waals surface area contributed by atoms with E-state index in [4.69, 9.17) is 4.42 Å². The number of carbonyl (C=O) groups is 1. The van der Waals surface area contributed by atoms with Crippen molar-refractivity contribution in [2.24, 2.45) is 0 Å². The van der Waals surface area contributed by atoms with Crippen molar-refractivity contribution in [3.63, 3.8) is 0 Å². The van der Waals surface area contributed by atoms with Crippen LogP contribution in [0.4, 0.5) is 4.79 Å². The number of urea groups is 1. The summed E-state index contributed by atoms with van der Waals surface area (Å²) in [7, 11) is 0. The number of aliphatic hydroxyl groups is 1.